The van der Waals surface area contributed by atoms with Crippen molar-refractivity contribution in [2.24, 2.45) is 0 Å². The summed E-state index contributed by atoms with van der Waals surface area (Å²) >= 11 is 3.41. The molecular formula is C8H8BrN3. The van der Waals surface area contributed by atoms with Crippen molar-refractivity contribution in [1.29, 1.82) is 0 Å². The van der Waals surface area contributed by atoms with Gasteiger partial charge in [0, 0.05) is 5.69 Å². The number of nitrogen functional groups attached to an aromatic ring is 1. The maximum absolute atomic E-state index is 5.73. The van der Waals surface area contributed by atoms with Crippen molar-refractivity contribution in [3.63, 3.8) is 0 Å². The van der Waals surface area contributed by atoms with Crippen LogP contribution in [0.3, 0.4) is 0 Å². The Morgan fingerprint density at radius 1 is 1.50 bits per heavy atom. The van der Waals surface area contributed by atoms with Crippen LogP contribution in [0, 0.1) is 6.92 Å². The highest BCUT2D eigenvalue weighted by Crippen LogP contribution is 2.20. The van der Waals surface area contributed by atoms with Gasteiger partial charge in [-0.1, -0.05) is 0 Å². The number of imidazole rings is 1. The molecule has 0 aromatic carbocycles. The summed E-state index contributed by atoms with van der Waals surface area (Å²) in [7, 11) is 0. The summed E-state index contributed by atoms with van der Waals surface area (Å²) < 4.78 is 2.87. The van der Waals surface area contributed by atoms with E-state index in [4.69, 9.17) is 5.73 Å². The minimum atomic E-state index is 0.670. The summed E-state index contributed by atoms with van der Waals surface area (Å²) in [6, 6.07) is 3.96. The van der Waals surface area contributed by atoms with Crippen molar-refractivity contribution in [3.8, 4) is 0 Å². The van der Waals surface area contributed by atoms with Gasteiger partial charge in [-0.25, -0.2) is 4.98 Å². The second-order valence-corrected chi connectivity index (χ2v) is 3.52. The topological polar surface area (TPSA) is 43.3 Å². The number of pyridine rings is 1. The first-order valence-corrected chi connectivity index (χ1v) is 4.37. The Labute approximate surface area is 78.3 Å². The SMILES string of the molecule is Cc1ccc(Br)c2ncc(N)n12. The predicted molar refractivity (Wildman–Crippen MR) is 52.0 cm³/mol. The highest BCUT2D eigenvalue weighted by atomic mass is 79.9. The predicted octanol–water partition coefficient (Wildman–Crippen LogP) is 1.99. The fraction of sp³-hybridized carbons (Fsp3) is 0.125. The van der Waals surface area contributed by atoms with Gasteiger partial charge in [-0.05, 0) is 35.0 Å². The van der Waals surface area contributed by atoms with Crippen LogP contribution in [-0.2, 0) is 0 Å². The van der Waals surface area contributed by atoms with E-state index in [1.807, 2.05) is 23.5 Å². The van der Waals surface area contributed by atoms with E-state index in [1.165, 1.54) is 0 Å². The lowest BCUT2D eigenvalue weighted by molar-refractivity contribution is 1.10. The van der Waals surface area contributed by atoms with Crippen LogP contribution < -0.4 is 5.73 Å². The Kier molecular flexibility index (Phi) is 1.58. The number of hydrogen-bond acceptors (Lipinski definition) is 2. The van der Waals surface area contributed by atoms with Gasteiger partial charge in [0.15, 0.2) is 5.65 Å². The van der Waals surface area contributed by atoms with Gasteiger partial charge in [-0.15, -0.1) is 0 Å². The Hall–Kier alpha value is -1.03. The minimum absolute atomic E-state index is 0.670. The maximum Gasteiger partial charge on any atom is 0.152 e. The van der Waals surface area contributed by atoms with E-state index in [-0.39, 0.29) is 0 Å². The third-order valence-corrected chi connectivity index (χ3v) is 2.45. The average molecular weight is 226 g/mol. The molecule has 2 aromatic rings. The summed E-state index contributed by atoms with van der Waals surface area (Å²) in [4.78, 5) is 4.17. The Balaban J connectivity index is 2.98. The van der Waals surface area contributed by atoms with E-state index < -0.39 is 0 Å². The largest absolute Gasteiger partial charge is 0.383 e. The highest BCUT2D eigenvalue weighted by molar-refractivity contribution is 9.10. The summed E-state index contributed by atoms with van der Waals surface area (Å²) in [5.41, 5.74) is 7.68. The molecule has 0 amide bonds. The number of fused-ring (bicyclic) bond motifs is 1. The maximum atomic E-state index is 5.73. The standard InChI is InChI=1S/C8H8BrN3/c1-5-2-3-6(9)8-11-4-7(10)12(5)8/h2-4H,10H2,1H3. The van der Waals surface area contributed by atoms with Crippen molar-refractivity contribution in [2.45, 2.75) is 6.92 Å². The fourth-order valence-corrected chi connectivity index (χ4v) is 1.66. The van der Waals surface area contributed by atoms with Gasteiger partial charge in [0.1, 0.15) is 5.82 Å². The molecule has 0 atom stereocenters. The van der Waals surface area contributed by atoms with E-state index in [1.54, 1.807) is 6.20 Å². The zero-order chi connectivity index (χ0) is 8.72. The molecule has 0 aliphatic heterocycles. The van der Waals surface area contributed by atoms with Crippen molar-refractivity contribution >= 4 is 27.4 Å². The molecule has 2 rings (SSSR count). The number of nitrogens with zero attached hydrogens (tertiary/aromatic N) is 2. The van der Waals surface area contributed by atoms with Gasteiger partial charge >= 0.3 is 0 Å². The van der Waals surface area contributed by atoms with E-state index in [0.29, 0.717) is 5.82 Å². The van der Waals surface area contributed by atoms with Gasteiger partial charge in [-0.3, -0.25) is 4.40 Å². The van der Waals surface area contributed by atoms with Gasteiger partial charge in [-0.2, -0.15) is 0 Å². The van der Waals surface area contributed by atoms with Crippen LogP contribution in [-0.4, -0.2) is 9.38 Å². The first-order valence-electron chi connectivity index (χ1n) is 3.58. The molecule has 3 nitrogen and oxygen atoms in total. The molecule has 0 unspecified atom stereocenters. The van der Waals surface area contributed by atoms with E-state index >= 15 is 0 Å². The molecule has 0 saturated carbocycles. The lowest BCUT2D eigenvalue weighted by atomic mass is 10.4. The summed E-state index contributed by atoms with van der Waals surface area (Å²) in [6.45, 7) is 2.00. The third-order valence-electron chi connectivity index (χ3n) is 1.83. The van der Waals surface area contributed by atoms with Crippen molar-refractivity contribution in [3.05, 3.63) is 28.5 Å². The molecule has 0 bridgehead atoms. The highest BCUT2D eigenvalue weighted by Gasteiger charge is 2.04. The van der Waals surface area contributed by atoms with Gasteiger partial charge in [0.25, 0.3) is 0 Å². The zero-order valence-electron chi connectivity index (χ0n) is 6.58. The molecular weight excluding hydrogens is 218 g/mol. The molecule has 0 aliphatic carbocycles. The van der Waals surface area contributed by atoms with Crippen molar-refractivity contribution in [1.82, 2.24) is 9.38 Å². The number of hydrogen-bond donors (Lipinski definition) is 1. The molecule has 0 aliphatic rings. The first kappa shape index (κ1) is 7.61. The van der Waals surface area contributed by atoms with Crippen LogP contribution in [0.2, 0.25) is 0 Å². The number of aromatic nitrogens is 2. The normalized spacial score (nSPS) is 10.8. The first-order chi connectivity index (χ1) is 5.70. The second kappa shape index (κ2) is 2.48. The molecule has 62 valence electrons. The molecule has 0 radical (unpaired) electrons. The van der Waals surface area contributed by atoms with E-state index in [9.17, 15) is 0 Å². The Morgan fingerprint density at radius 2 is 2.25 bits per heavy atom. The monoisotopic (exact) mass is 225 g/mol. The van der Waals surface area contributed by atoms with Crippen LogP contribution in [0.5, 0.6) is 0 Å². The van der Waals surface area contributed by atoms with Crippen molar-refractivity contribution in [2.75, 3.05) is 5.73 Å². The second-order valence-electron chi connectivity index (χ2n) is 2.66. The van der Waals surface area contributed by atoms with Gasteiger partial charge in [0.2, 0.25) is 0 Å². The Bertz CT molecular complexity index is 433. The number of nitrogens with two attached hydrogens (primary N) is 1. The fourth-order valence-electron chi connectivity index (χ4n) is 1.25. The number of aryl methyl sites for hydroxylation is 1. The van der Waals surface area contributed by atoms with E-state index in [0.717, 1.165) is 15.8 Å². The molecule has 0 spiro atoms. The van der Waals surface area contributed by atoms with Crippen LogP contribution >= 0.6 is 15.9 Å². The third kappa shape index (κ3) is 0.914. The summed E-state index contributed by atoms with van der Waals surface area (Å²) in [5, 5.41) is 0. The molecule has 0 saturated heterocycles. The lowest BCUT2D eigenvalue weighted by Gasteiger charge is -2.02. The Morgan fingerprint density at radius 3 is 2.92 bits per heavy atom. The average Bonchev–Trinajstić information content (AvgIpc) is 2.42. The van der Waals surface area contributed by atoms with Gasteiger partial charge < -0.3 is 5.73 Å². The summed E-state index contributed by atoms with van der Waals surface area (Å²) in [5.74, 6) is 0.670. The molecule has 2 aromatic heterocycles. The summed E-state index contributed by atoms with van der Waals surface area (Å²) in [6.07, 6.45) is 1.66. The smallest absolute Gasteiger partial charge is 0.152 e. The van der Waals surface area contributed by atoms with Crippen LogP contribution in [0.1, 0.15) is 5.69 Å². The van der Waals surface area contributed by atoms with Gasteiger partial charge in [0.05, 0.1) is 10.7 Å². The van der Waals surface area contributed by atoms with Crippen LogP contribution in [0.4, 0.5) is 5.82 Å². The molecule has 2 N–H and O–H groups in total. The molecule has 12 heavy (non-hydrogen) atoms. The lowest BCUT2D eigenvalue weighted by Crippen LogP contribution is -1.96. The van der Waals surface area contributed by atoms with Crippen LogP contribution in [0.25, 0.3) is 5.65 Å². The van der Waals surface area contributed by atoms with E-state index in [2.05, 4.69) is 20.9 Å². The molecule has 4 heteroatoms. The molecule has 0 fully saturated rings. The quantitative estimate of drug-likeness (QED) is 0.746. The number of rotatable bonds is 0. The number of anilines is 1. The minimum Gasteiger partial charge on any atom is -0.383 e. The molecule has 2 heterocycles. The van der Waals surface area contributed by atoms with Crippen molar-refractivity contribution < 1.29 is 0 Å². The van der Waals surface area contributed by atoms with Crippen LogP contribution in [0.15, 0.2) is 22.8 Å². The number of halogens is 1. The zero-order valence-corrected chi connectivity index (χ0v) is 8.17.